The predicted octanol–water partition coefficient (Wildman–Crippen LogP) is 3.84. The van der Waals surface area contributed by atoms with E-state index in [2.05, 4.69) is 6.58 Å². The van der Waals surface area contributed by atoms with E-state index >= 15 is 0 Å². The first-order valence-electron chi connectivity index (χ1n) is 22.7. The molecule has 358 valence electrons. The number of rotatable bonds is 7. The predicted molar refractivity (Wildman–Crippen MR) is 235 cm³/mol. The van der Waals surface area contributed by atoms with E-state index in [-0.39, 0.29) is 61.3 Å². The summed E-state index contributed by atoms with van der Waals surface area (Å²) in [6.45, 7) is 13.1. The van der Waals surface area contributed by atoms with Gasteiger partial charge in [-0.05, 0) is 95.5 Å². The molecule has 1 aliphatic carbocycles. The van der Waals surface area contributed by atoms with Crippen molar-refractivity contribution in [1.29, 1.82) is 0 Å². The first kappa shape index (κ1) is 52.7. The number of ketones is 2. The van der Waals surface area contributed by atoms with Crippen molar-refractivity contribution < 1.29 is 67.8 Å². The molecule has 16 heteroatoms. The minimum absolute atomic E-state index is 0.00988. The molecule has 0 unspecified atom stereocenters. The van der Waals surface area contributed by atoms with Gasteiger partial charge in [0.2, 0.25) is 5.79 Å². The quantitative estimate of drug-likeness (QED) is 0.123. The lowest BCUT2D eigenvalue weighted by Gasteiger charge is -2.47. The highest BCUT2D eigenvalue weighted by Crippen LogP contribution is 2.39. The number of carbonyl (C=O) groups is 6. The molecule has 2 saturated heterocycles. The van der Waals surface area contributed by atoms with Crippen LogP contribution in [0, 0.1) is 29.6 Å². The number of allylic oxidation sites excluding steroid dienone is 4. The number of hydrogen-bond donors (Lipinski definition) is 4. The molecule has 0 spiro atoms. The van der Waals surface area contributed by atoms with Gasteiger partial charge >= 0.3 is 5.97 Å². The summed E-state index contributed by atoms with van der Waals surface area (Å²) in [5.74, 6) is -8.42. The van der Waals surface area contributed by atoms with E-state index in [1.165, 1.54) is 31.3 Å². The molecular weight excluding hydrogens is 829 g/mol. The molecule has 4 N–H and O–H groups in total. The molecule has 14 atom stereocenters. The highest BCUT2D eigenvalue weighted by Gasteiger charge is 2.56. The van der Waals surface area contributed by atoms with Gasteiger partial charge in [-0.3, -0.25) is 29.3 Å². The largest absolute Gasteiger partial charge is 0.456 e. The van der Waals surface area contributed by atoms with E-state index in [9.17, 15) is 44.1 Å². The molecule has 0 radical (unpaired) electrons. The van der Waals surface area contributed by atoms with Crippen molar-refractivity contribution in [3.8, 4) is 0 Å². The molecule has 3 fully saturated rings. The summed E-state index contributed by atoms with van der Waals surface area (Å²) in [4.78, 5) is 77.9. The second kappa shape index (κ2) is 24.0. The van der Waals surface area contributed by atoms with Crippen LogP contribution in [0.3, 0.4) is 0 Å². The first-order valence-corrected chi connectivity index (χ1v) is 22.7. The van der Waals surface area contributed by atoms with Crippen LogP contribution in [0.25, 0.3) is 0 Å². The van der Waals surface area contributed by atoms with Crippen LogP contribution in [-0.2, 0) is 52.5 Å². The summed E-state index contributed by atoms with van der Waals surface area (Å²) < 4.78 is 29.7. The lowest BCUT2D eigenvalue weighted by molar-refractivity contribution is -0.302. The number of esters is 1. The molecule has 0 aromatic heterocycles. The average molecular weight is 901 g/mol. The fourth-order valence-corrected chi connectivity index (χ4v) is 9.78. The third-order valence-corrected chi connectivity index (χ3v) is 13.5. The molecule has 0 aromatic carbocycles. The van der Waals surface area contributed by atoms with Crippen molar-refractivity contribution in [3.05, 3.63) is 48.1 Å². The van der Waals surface area contributed by atoms with Gasteiger partial charge in [0.1, 0.15) is 24.0 Å². The number of hydrogen-bond acceptors (Lipinski definition) is 14. The van der Waals surface area contributed by atoms with Crippen molar-refractivity contribution in [2.24, 2.45) is 29.6 Å². The Morgan fingerprint density at radius 1 is 0.891 bits per heavy atom. The molecule has 64 heavy (non-hydrogen) atoms. The molecule has 5 rings (SSSR count). The number of cyclic esters (lactones) is 1. The van der Waals surface area contributed by atoms with E-state index in [1.807, 2.05) is 38.2 Å². The van der Waals surface area contributed by atoms with Crippen molar-refractivity contribution in [1.82, 2.24) is 10.2 Å². The smallest absolute Gasteiger partial charge is 0.329 e. The maximum atomic E-state index is 14.3. The van der Waals surface area contributed by atoms with Crippen molar-refractivity contribution in [2.45, 2.75) is 160 Å². The number of nitrogens with one attached hydrogen (secondary N) is 1. The first-order chi connectivity index (χ1) is 30.3. The molecule has 4 aliphatic heterocycles. The minimum atomic E-state index is -2.51. The van der Waals surface area contributed by atoms with Crippen LogP contribution >= 0.6 is 0 Å². The zero-order chi connectivity index (χ0) is 47.5. The van der Waals surface area contributed by atoms with E-state index < -0.39 is 83.9 Å². The third kappa shape index (κ3) is 13.4. The summed E-state index contributed by atoms with van der Waals surface area (Å²) in [5, 5.41) is 36.2. The number of piperidine rings is 1. The number of Topliss-reactive ketones (excluding diaryl/α,β-unsaturated/α-hetero) is 2. The Morgan fingerprint density at radius 3 is 2.12 bits per heavy atom. The van der Waals surface area contributed by atoms with E-state index in [0.29, 0.717) is 56.9 Å². The zero-order valence-corrected chi connectivity index (χ0v) is 38.9. The summed E-state index contributed by atoms with van der Waals surface area (Å²) in [5.41, 5.74) is 1.61. The summed E-state index contributed by atoms with van der Waals surface area (Å²) in [6, 6.07) is -1.14. The summed E-state index contributed by atoms with van der Waals surface area (Å²) >= 11 is 0. The molecular formula is C48H72N2O14. The number of carbonyl (C=O) groups excluding carboxylic acids is 6. The Kier molecular flexibility index (Phi) is 19.8. The van der Waals surface area contributed by atoms with Crippen LogP contribution in [0.5, 0.6) is 0 Å². The van der Waals surface area contributed by atoms with E-state index in [4.69, 9.17) is 23.7 Å². The van der Waals surface area contributed by atoms with Crippen molar-refractivity contribution in [3.63, 3.8) is 0 Å². The van der Waals surface area contributed by atoms with Gasteiger partial charge in [0.05, 0.1) is 30.5 Å². The number of ether oxygens (including phenoxy) is 5. The topological polar surface area (TPSA) is 225 Å². The van der Waals surface area contributed by atoms with Crippen LogP contribution < -0.4 is 5.32 Å². The number of fused-ring (bicyclic) bond motifs is 3. The van der Waals surface area contributed by atoms with Gasteiger partial charge in [-0.25, -0.2) is 4.79 Å². The monoisotopic (exact) mass is 900 g/mol. The molecule has 5 aliphatic rings. The number of imide groups is 1. The van der Waals surface area contributed by atoms with Crippen LogP contribution in [0.1, 0.15) is 105 Å². The highest BCUT2D eigenvalue weighted by molar-refractivity contribution is 6.39. The maximum absolute atomic E-state index is 14.3. The summed E-state index contributed by atoms with van der Waals surface area (Å²) in [7, 11) is 4.61. The fourth-order valence-electron chi connectivity index (χ4n) is 9.78. The van der Waals surface area contributed by atoms with Crippen molar-refractivity contribution in [2.75, 3.05) is 27.9 Å². The zero-order valence-electron chi connectivity index (χ0n) is 38.9. The molecule has 3 amide bonds. The van der Waals surface area contributed by atoms with Crippen LogP contribution in [0.4, 0.5) is 0 Å². The molecule has 0 aromatic rings. The number of aliphatic hydroxyl groups is 3. The second-order valence-electron chi connectivity index (χ2n) is 18.5. The maximum Gasteiger partial charge on any atom is 0.329 e. The van der Waals surface area contributed by atoms with Crippen LogP contribution in [0.2, 0.25) is 0 Å². The fraction of sp³-hybridized carbons (Fsp3) is 0.708. The van der Waals surface area contributed by atoms with Gasteiger partial charge in [-0.2, -0.15) is 0 Å². The Balaban J connectivity index is 0.00000117. The lowest BCUT2D eigenvalue weighted by Crippen LogP contribution is -2.64. The van der Waals surface area contributed by atoms with E-state index in [0.717, 1.165) is 5.57 Å². The Hall–Kier alpha value is -3.90. The van der Waals surface area contributed by atoms with E-state index in [1.54, 1.807) is 27.0 Å². The van der Waals surface area contributed by atoms with Gasteiger partial charge in [-0.15, -0.1) is 6.58 Å². The van der Waals surface area contributed by atoms with Crippen molar-refractivity contribution >= 4 is 35.3 Å². The number of nitrogens with zero attached hydrogens (tertiary/aromatic N) is 1. The Labute approximate surface area is 377 Å². The normalized spacial score (nSPS) is 38.4. The SMILES string of the molecule is C=CC[C@@H]1/C=C(\C)C[C@H](C)C[C@H](OC)[C@H]2O[C@@](O)(C(=O)C(=O)N3CCCC[C@H]3C(=O)O[C@H](/C(C)=C/[C@@H]3CC[C@@H](O)[C@H](OC)C3)[C@H](C)[C@@H](O)CC1=O)[C@H](C)C[C@@H]2OC.O=C1C=CC(=O)N1. The highest BCUT2D eigenvalue weighted by atomic mass is 16.7. The lowest BCUT2D eigenvalue weighted by atomic mass is 9.81. The van der Waals surface area contributed by atoms with Gasteiger partial charge in [0.25, 0.3) is 23.5 Å². The van der Waals surface area contributed by atoms with Crippen LogP contribution in [0.15, 0.2) is 48.1 Å². The van der Waals surface area contributed by atoms with Gasteiger partial charge < -0.3 is 43.9 Å². The molecule has 1 saturated carbocycles. The second-order valence-corrected chi connectivity index (χ2v) is 18.5. The molecule has 16 nitrogen and oxygen atoms in total. The number of amides is 3. The van der Waals surface area contributed by atoms with Gasteiger partial charge in [-0.1, -0.05) is 44.6 Å². The third-order valence-electron chi connectivity index (χ3n) is 13.5. The standard InChI is InChI=1S/C44H69NO12.C4H3NO2/c1-10-13-31-19-25(2)18-26(3)20-37(54-8)40-38(55-9)22-28(5)44(52,57-40)41(49)42(50)45-17-12-11-14-32(45)43(51)56-39(29(6)34(47)24-35(31)48)27(4)21-30-15-16-33(46)36(23-30)53-7;6-3-1-2-4(7)5-3/h10,19,21,26,28-34,36-40,46-47,52H,1,11-18,20,22-24H2,2-9H3;1-2H,(H,5,6,7)/b25-19+,27-21+;/t26-,28+,29+,30-,31+,32-,33+,34-,36+,37-,38-,39+,40+,44+;/m0./s1. The average Bonchev–Trinajstić information content (AvgIpc) is 3.66. The summed E-state index contributed by atoms with van der Waals surface area (Å²) in [6.07, 6.45) is 7.32. The Morgan fingerprint density at radius 2 is 1.53 bits per heavy atom. The molecule has 4 heterocycles. The van der Waals surface area contributed by atoms with Gasteiger partial charge in [0, 0.05) is 64.2 Å². The number of aliphatic hydroxyl groups excluding tert-OH is 2. The number of methoxy groups -OCH3 is 3. The van der Waals surface area contributed by atoms with Gasteiger partial charge in [0.15, 0.2) is 0 Å². The Bertz CT molecular complexity index is 1760. The molecule has 2 bridgehead atoms. The minimum Gasteiger partial charge on any atom is -0.456 e. The van der Waals surface area contributed by atoms with Crippen LogP contribution in [-0.4, -0.2) is 138 Å².